The lowest BCUT2D eigenvalue weighted by Crippen LogP contribution is -2.11. The first kappa shape index (κ1) is 17.9. The molecule has 0 radical (unpaired) electrons. The molecule has 0 aliphatic heterocycles. The molecule has 6 nitrogen and oxygen atoms in total. The van der Waals surface area contributed by atoms with Crippen LogP contribution in [0.1, 0.15) is 49.4 Å². The summed E-state index contributed by atoms with van der Waals surface area (Å²) < 4.78 is 1.67. The van der Waals surface area contributed by atoms with Gasteiger partial charge in [-0.25, -0.2) is 0 Å². The van der Waals surface area contributed by atoms with E-state index in [2.05, 4.69) is 15.3 Å². The van der Waals surface area contributed by atoms with Crippen molar-refractivity contribution >= 4 is 35.5 Å². The van der Waals surface area contributed by atoms with Crippen LogP contribution in [0.4, 0.5) is 0 Å². The maximum atomic E-state index is 10.9. The number of hydrogen-bond donors (Lipinski definition) is 1. The molecule has 0 spiro atoms. The van der Waals surface area contributed by atoms with E-state index in [-0.39, 0.29) is 5.75 Å². The number of carbonyl (C=O) groups is 1. The third-order valence-corrected chi connectivity index (χ3v) is 5.40. The van der Waals surface area contributed by atoms with Crippen LogP contribution in [0.15, 0.2) is 34.5 Å². The van der Waals surface area contributed by atoms with Crippen LogP contribution in [-0.4, -0.2) is 37.9 Å². The summed E-state index contributed by atoms with van der Waals surface area (Å²) in [6, 6.07) is 7.43. The molecule has 1 saturated carbocycles. The summed E-state index contributed by atoms with van der Waals surface area (Å²) in [7, 11) is 0. The van der Waals surface area contributed by atoms with Crippen LogP contribution < -0.4 is 0 Å². The van der Waals surface area contributed by atoms with Crippen LogP contribution in [0, 0.1) is 0 Å². The Kier molecular flexibility index (Phi) is 6.09. The molecule has 0 unspecified atom stereocenters. The number of carboxylic acid groups (broad SMARTS) is 1. The van der Waals surface area contributed by atoms with E-state index in [0.717, 1.165) is 36.0 Å². The molecule has 132 valence electrons. The van der Waals surface area contributed by atoms with Gasteiger partial charge in [-0.2, -0.15) is 9.78 Å². The lowest BCUT2D eigenvalue weighted by molar-refractivity contribution is -0.133. The maximum Gasteiger partial charge on any atom is 0.313 e. The molecule has 25 heavy (non-hydrogen) atoms. The van der Waals surface area contributed by atoms with Crippen molar-refractivity contribution in [3.8, 4) is 0 Å². The largest absolute Gasteiger partial charge is 0.481 e. The number of aromatic nitrogens is 3. The minimum Gasteiger partial charge on any atom is -0.481 e. The van der Waals surface area contributed by atoms with Crippen molar-refractivity contribution in [3.63, 3.8) is 0 Å². The second-order valence-electron chi connectivity index (χ2n) is 5.94. The zero-order valence-electron chi connectivity index (χ0n) is 13.6. The van der Waals surface area contributed by atoms with E-state index in [9.17, 15) is 4.79 Å². The van der Waals surface area contributed by atoms with Gasteiger partial charge in [0.25, 0.3) is 0 Å². The fourth-order valence-electron chi connectivity index (χ4n) is 2.92. The molecule has 1 aliphatic rings. The highest BCUT2D eigenvalue weighted by molar-refractivity contribution is 7.99. The van der Waals surface area contributed by atoms with Gasteiger partial charge in [-0.05, 0) is 18.9 Å². The molecule has 1 aromatic heterocycles. The summed E-state index contributed by atoms with van der Waals surface area (Å²) in [5.41, 5.74) is 0.793. The van der Waals surface area contributed by atoms with Crippen molar-refractivity contribution in [1.82, 2.24) is 14.9 Å². The predicted octanol–water partition coefficient (Wildman–Crippen LogP) is 4.04. The molecule has 3 rings (SSSR count). The molecule has 1 aliphatic carbocycles. The van der Waals surface area contributed by atoms with Crippen LogP contribution >= 0.6 is 23.4 Å². The van der Waals surface area contributed by atoms with Crippen molar-refractivity contribution < 1.29 is 9.90 Å². The number of rotatable bonds is 6. The predicted molar refractivity (Wildman–Crippen MR) is 98.7 cm³/mol. The monoisotopic (exact) mass is 378 g/mol. The van der Waals surface area contributed by atoms with E-state index in [4.69, 9.17) is 16.7 Å². The van der Waals surface area contributed by atoms with Crippen LogP contribution in [0.2, 0.25) is 5.02 Å². The molecule has 0 atom stereocenters. The molecule has 0 bridgehead atoms. The molecule has 0 saturated heterocycles. The summed E-state index contributed by atoms with van der Waals surface area (Å²) in [6.45, 7) is 0. The SMILES string of the molecule is O=C(O)CSc1nnc(C2CCCCC2)n1/N=C\c1ccccc1Cl. The highest BCUT2D eigenvalue weighted by atomic mass is 35.5. The average molecular weight is 379 g/mol. The van der Waals surface area contributed by atoms with Gasteiger partial charge in [-0.1, -0.05) is 60.8 Å². The van der Waals surface area contributed by atoms with Gasteiger partial charge in [0.05, 0.1) is 12.0 Å². The lowest BCUT2D eigenvalue weighted by Gasteiger charge is -2.20. The highest BCUT2D eigenvalue weighted by Gasteiger charge is 2.23. The van der Waals surface area contributed by atoms with E-state index >= 15 is 0 Å². The lowest BCUT2D eigenvalue weighted by atomic mass is 9.89. The summed E-state index contributed by atoms with van der Waals surface area (Å²) >= 11 is 7.30. The van der Waals surface area contributed by atoms with Gasteiger partial charge in [-0.15, -0.1) is 10.2 Å². The second kappa shape index (κ2) is 8.49. The normalized spacial score (nSPS) is 15.7. The van der Waals surface area contributed by atoms with Gasteiger partial charge in [0.1, 0.15) is 0 Å². The maximum absolute atomic E-state index is 10.9. The second-order valence-corrected chi connectivity index (χ2v) is 7.29. The fraction of sp³-hybridized carbons (Fsp3) is 0.412. The Hall–Kier alpha value is -1.86. The van der Waals surface area contributed by atoms with E-state index in [1.54, 1.807) is 17.0 Å². The van der Waals surface area contributed by atoms with Crippen molar-refractivity contribution in [1.29, 1.82) is 0 Å². The third kappa shape index (κ3) is 4.61. The number of benzene rings is 1. The first-order valence-corrected chi connectivity index (χ1v) is 9.60. The number of carboxylic acids is 1. The molecule has 1 aromatic carbocycles. The standard InChI is InChI=1S/C17H19ClN4O2S/c18-14-9-5-4-8-13(14)10-19-22-16(12-6-2-1-3-7-12)20-21-17(22)25-11-15(23)24/h4-5,8-10,12H,1-3,6-7,11H2,(H,23,24)/b19-10-. The number of halogens is 1. The van der Waals surface area contributed by atoms with Gasteiger partial charge in [0.2, 0.25) is 5.16 Å². The Labute approximate surface area is 155 Å². The van der Waals surface area contributed by atoms with Gasteiger partial charge in [0, 0.05) is 16.5 Å². The number of thioether (sulfide) groups is 1. The van der Waals surface area contributed by atoms with Crippen LogP contribution in [0.3, 0.4) is 0 Å². The smallest absolute Gasteiger partial charge is 0.313 e. The minimum atomic E-state index is -0.895. The Balaban J connectivity index is 1.91. The zero-order chi connectivity index (χ0) is 17.6. The minimum absolute atomic E-state index is 0.0790. The molecule has 1 fully saturated rings. The van der Waals surface area contributed by atoms with Crippen molar-refractivity contribution in [2.45, 2.75) is 43.2 Å². The Morgan fingerprint density at radius 3 is 2.80 bits per heavy atom. The molecule has 8 heteroatoms. The van der Waals surface area contributed by atoms with E-state index in [0.29, 0.717) is 16.1 Å². The Bertz CT molecular complexity index is 772. The van der Waals surface area contributed by atoms with Crippen LogP contribution in [-0.2, 0) is 4.79 Å². The summed E-state index contributed by atoms with van der Waals surface area (Å²) in [5.74, 6) is 0.137. The molecule has 0 amide bonds. The molecule has 2 aromatic rings. The van der Waals surface area contributed by atoms with Crippen LogP contribution in [0.25, 0.3) is 0 Å². The zero-order valence-corrected chi connectivity index (χ0v) is 15.2. The molecule has 1 N–H and O–H groups in total. The van der Waals surface area contributed by atoms with Crippen molar-refractivity contribution in [2.75, 3.05) is 5.75 Å². The number of hydrogen-bond acceptors (Lipinski definition) is 5. The van der Waals surface area contributed by atoms with Crippen molar-refractivity contribution in [3.05, 3.63) is 40.7 Å². The quantitative estimate of drug-likeness (QED) is 0.606. The third-order valence-electron chi connectivity index (χ3n) is 4.15. The Morgan fingerprint density at radius 2 is 2.08 bits per heavy atom. The summed E-state index contributed by atoms with van der Waals surface area (Å²) in [4.78, 5) is 10.9. The van der Waals surface area contributed by atoms with Gasteiger partial charge in [-0.3, -0.25) is 4.79 Å². The fourth-order valence-corrected chi connectivity index (χ4v) is 3.72. The van der Waals surface area contributed by atoms with E-state index in [1.165, 1.54) is 19.3 Å². The van der Waals surface area contributed by atoms with E-state index < -0.39 is 5.97 Å². The average Bonchev–Trinajstić information content (AvgIpc) is 3.03. The van der Waals surface area contributed by atoms with Gasteiger partial charge in [0.15, 0.2) is 5.82 Å². The van der Waals surface area contributed by atoms with Crippen molar-refractivity contribution in [2.24, 2.45) is 5.10 Å². The van der Waals surface area contributed by atoms with Gasteiger partial charge < -0.3 is 5.11 Å². The Morgan fingerprint density at radius 1 is 1.32 bits per heavy atom. The first-order valence-electron chi connectivity index (χ1n) is 8.24. The summed E-state index contributed by atoms with van der Waals surface area (Å²) in [5, 5.41) is 23.0. The molecular formula is C17H19ClN4O2S. The highest BCUT2D eigenvalue weighted by Crippen LogP contribution is 2.33. The number of nitrogens with zero attached hydrogens (tertiary/aromatic N) is 4. The first-order chi connectivity index (χ1) is 12.1. The van der Waals surface area contributed by atoms with E-state index in [1.807, 2.05) is 18.2 Å². The van der Waals surface area contributed by atoms with Crippen LogP contribution in [0.5, 0.6) is 0 Å². The molecular weight excluding hydrogens is 360 g/mol. The number of aliphatic carboxylic acids is 1. The molecule has 1 heterocycles. The van der Waals surface area contributed by atoms with Gasteiger partial charge >= 0.3 is 5.97 Å². The topological polar surface area (TPSA) is 80.4 Å². The summed E-state index contributed by atoms with van der Waals surface area (Å²) in [6.07, 6.45) is 7.37.